The lowest BCUT2D eigenvalue weighted by Crippen LogP contribution is -2.44. The summed E-state index contributed by atoms with van der Waals surface area (Å²) in [5.74, 6) is 0.207. The lowest BCUT2D eigenvalue weighted by Gasteiger charge is -2.27. The maximum atomic E-state index is 14.6. The van der Waals surface area contributed by atoms with Crippen molar-refractivity contribution in [2.75, 3.05) is 18.4 Å². The van der Waals surface area contributed by atoms with Gasteiger partial charge in [-0.1, -0.05) is 6.08 Å². The van der Waals surface area contributed by atoms with E-state index in [1.807, 2.05) is 19.9 Å². The average Bonchev–Trinajstić information content (AvgIpc) is 3.40. The van der Waals surface area contributed by atoms with Crippen molar-refractivity contribution in [3.8, 4) is 0 Å². The third-order valence-corrected chi connectivity index (χ3v) is 7.14. The molecule has 0 saturated carbocycles. The van der Waals surface area contributed by atoms with Gasteiger partial charge in [-0.25, -0.2) is 24.1 Å². The van der Waals surface area contributed by atoms with Crippen LogP contribution >= 0.6 is 22.7 Å². The zero-order valence-corrected chi connectivity index (χ0v) is 19.2. The number of aromatic nitrogens is 3. The van der Waals surface area contributed by atoms with Crippen LogP contribution < -0.4 is 10.6 Å². The van der Waals surface area contributed by atoms with E-state index in [4.69, 9.17) is 0 Å². The molecule has 2 N–H and O–H groups in total. The Morgan fingerprint density at radius 1 is 1.22 bits per heavy atom. The minimum atomic E-state index is -0.348. The van der Waals surface area contributed by atoms with Crippen LogP contribution in [0, 0.1) is 5.82 Å². The molecule has 4 aromatic rings. The van der Waals surface area contributed by atoms with Crippen LogP contribution in [0.4, 0.5) is 20.7 Å². The molecule has 5 rings (SSSR count). The molecular formula is C22H21FN6OS2. The first-order valence-corrected chi connectivity index (χ1v) is 12.0. The van der Waals surface area contributed by atoms with Gasteiger partial charge in [0.1, 0.15) is 22.8 Å². The van der Waals surface area contributed by atoms with Gasteiger partial charge in [0.25, 0.3) is 0 Å². The van der Waals surface area contributed by atoms with E-state index in [2.05, 4.69) is 31.7 Å². The van der Waals surface area contributed by atoms with Crippen molar-refractivity contribution in [2.24, 2.45) is 0 Å². The zero-order chi connectivity index (χ0) is 22.2. The monoisotopic (exact) mass is 468 g/mol. The highest BCUT2D eigenvalue weighted by atomic mass is 32.1. The van der Waals surface area contributed by atoms with E-state index in [1.165, 1.54) is 29.3 Å². The Hall–Kier alpha value is -3.11. The number of carbonyl (C=O) groups excluding carboxylic acids is 1. The number of nitrogens with one attached hydrogen (secondary N) is 2. The van der Waals surface area contributed by atoms with Gasteiger partial charge in [-0.2, -0.15) is 0 Å². The highest BCUT2D eigenvalue weighted by Crippen LogP contribution is 2.36. The van der Waals surface area contributed by atoms with Crippen molar-refractivity contribution >= 4 is 66.2 Å². The van der Waals surface area contributed by atoms with Crippen molar-refractivity contribution in [2.45, 2.75) is 26.3 Å². The molecule has 0 aliphatic carbocycles. The van der Waals surface area contributed by atoms with Gasteiger partial charge >= 0.3 is 6.03 Å². The topological polar surface area (TPSA) is 83.0 Å². The Balaban J connectivity index is 1.40. The van der Waals surface area contributed by atoms with Crippen LogP contribution in [0.1, 0.15) is 25.1 Å². The third kappa shape index (κ3) is 4.03. The summed E-state index contributed by atoms with van der Waals surface area (Å²) in [7, 11) is 0. The number of fused-ring (bicyclic) bond motifs is 2. The molecule has 0 saturated heterocycles. The molecule has 0 radical (unpaired) electrons. The van der Waals surface area contributed by atoms with Crippen molar-refractivity contribution in [3.63, 3.8) is 0 Å². The van der Waals surface area contributed by atoms with Crippen LogP contribution in [0.2, 0.25) is 0 Å². The molecule has 0 bridgehead atoms. The molecule has 0 unspecified atom stereocenters. The molecule has 0 spiro atoms. The first-order valence-electron chi connectivity index (χ1n) is 10.3. The minimum Gasteiger partial charge on any atom is -0.337 e. The van der Waals surface area contributed by atoms with Crippen molar-refractivity contribution < 1.29 is 9.18 Å². The quantitative estimate of drug-likeness (QED) is 0.420. The molecule has 1 aromatic carbocycles. The van der Waals surface area contributed by atoms with E-state index in [0.717, 1.165) is 31.7 Å². The largest absolute Gasteiger partial charge is 0.337 e. The van der Waals surface area contributed by atoms with Gasteiger partial charge < -0.3 is 15.5 Å². The molecule has 164 valence electrons. The Morgan fingerprint density at radius 2 is 2.09 bits per heavy atom. The van der Waals surface area contributed by atoms with Crippen molar-refractivity contribution in [3.05, 3.63) is 46.8 Å². The standard InChI is InChI=1S/C22H21FN6OS2/c1-12(2)27-22(30)29-5-3-13(4-6-29)18-7-14-20(24-10-25-21(14)32-18)28-16-9-17-19(8-15(16)23)31-11-26-17/h3,7-12H,4-6H2,1-2H3,(H,27,30)(H,24,25,28). The second-order valence-corrected chi connectivity index (χ2v) is 9.78. The van der Waals surface area contributed by atoms with Crippen molar-refractivity contribution in [1.82, 2.24) is 25.2 Å². The minimum absolute atomic E-state index is 0.0388. The molecule has 2 amide bonds. The second-order valence-electron chi connectivity index (χ2n) is 7.86. The number of nitrogens with zero attached hydrogens (tertiary/aromatic N) is 4. The predicted octanol–water partition coefficient (Wildman–Crippen LogP) is 5.39. The number of thiazole rings is 1. The van der Waals surface area contributed by atoms with Gasteiger partial charge in [0.15, 0.2) is 0 Å². The molecule has 1 aliphatic heterocycles. The van der Waals surface area contributed by atoms with Crippen molar-refractivity contribution in [1.29, 1.82) is 0 Å². The van der Waals surface area contributed by atoms with Crippen LogP contribution in [0.5, 0.6) is 0 Å². The highest BCUT2D eigenvalue weighted by molar-refractivity contribution is 7.19. The highest BCUT2D eigenvalue weighted by Gasteiger charge is 2.20. The Bertz CT molecular complexity index is 1340. The fourth-order valence-corrected chi connectivity index (χ4v) is 5.38. The smallest absolute Gasteiger partial charge is 0.317 e. The predicted molar refractivity (Wildman–Crippen MR) is 128 cm³/mol. The molecule has 32 heavy (non-hydrogen) atoms. The summed E-state index contributed by atoms with van der Waals surface area (Å²) >= 11 is 2.98. The van der Waals surface area contributed by atoms with Crippen LogP contribution in [-0.4, -0.2) is 45.0 Å². The maximum Gasteiger partial charge on any atom is 0.317 e. The first kappa shape index (κ1) is 20.8. The number of hydrogen-bond donors (Lipinski definition) is 2. The average molecular weight is 469 g/mol. The van der Waals surface area contributed by atoms with Gasteiger partial charge in [0.2, 0.25) is 0 Å². The Morgan fingerprint density at radius 3 is 2.88 bits per heavy atom. The summed E-state index contributed by atoms with van der Waals surface area (Å²) in [6, 6.07) is 5.30. The molecule has 3 aromatic heterocycles. The second kappa shape index (κ2) is 8.44. The maximum absolute atomic E-state index is 14.6. The fraction of sp³-hybridized carbons (Fsp3) is 0.273. The van der Waals surface area contributed by atoms with E-state index in [9.17, 15) is 9.18 Å². The summed E-state index contributed by atoms with van der Waals surface area (Å²) in [5, 5.41) is 6.89. The van der Waals surface area contributed by atoms with Gasteiger partial charge in [-0.3, -0.25) is 0 Å². The van der Waals surface area contributed by atoms with Gasteiger partial charge in [-0.05, 0) is 44.0 Å². The summed E-state index contributed by atoms with van der Waals surface area (Å²) in [6.45, 7) is 5.13. The molecule has 7 nitrogen and oxygen atoms in total. The lowest BCUT2D eigenvalue weighted by atomic mass is 10.1. The molecule has 0 fully saturated rings. The van der Waals surface area contributed by atoms with Crippen LogP contribution in [0.3, 0.4) is 0 Å². The third-order valence-electron chi connectivity index (χ3n) is 5.23. The van der Waals surface area contributed by atoms with Crippen LogP contribution in [0.15, 0.2) is 36.1 Å². The number of amides is 2. The van der Waals surface area contributed by atoms with E-state index >= 15 is 0 Å². The number of halogens is 1. The molecule has 1 aliphatic rings. The summed E-state index contributed by atoms with van der Waals surface area (Å²) < 4.78 is 15.4. The van der Waals surface area contributed by atoms with E-state index in [-0.39, 0.29) is 17.9 Å². The fourth-order valence-electron chi connectivity index (χ4n) is 3.63. The Labute approximate surface area is 192 Å². The Kier molecular flexibility index (Phi) is 5.48. The van der Waals surface area contributed by atoms with Gasteiger partial charge in [-0.15, -0.1) is 22.7 Å². The number of rotatable bonds is 4. The van der Waals surface area contributed by atoms with Gasteiger partial charge in [0.05, 0.1) is 26.8 Å². The number of hydrogen-bond acceptors (Lipinski definition) is 7. The molecule has 0 atom stereocenters. The molecule has 10 heteroatoms. The summed E-state index contributed by atoms with van der Waals surface area (Å²) in [4.78, 5) is 29.0. The first-order chi connectivity index (χ1) is 15.5. The number of urea groups is 1. The van der Waals surface area contributed by atoms with E-state index < -0.39 is 0 Å². The number of thiophene rings is 1. The van der Waals surface area contributed by atoms with E-state index in [1.54, 1.807) is 27.8 Å². The SMILES string of the molecule is CC(C)NC(=O)N1CC=C(c2cc3c(Nc4cc5ncsc5cc4F)ncnc3s2)CC1. The number of benzene rings is 1. The summed E-state index contributed by atoms with van der Waals surface area (Å²) in [5.41, 5.74) is 3.96. The molecule has 4 heterocycles. The van der Waals surface area contributed by atoms with Gasteiger partial charge in [0, 0.05) is 24.0 Å². The zero-order valence-electron chi connectivity index (χ0n) is 17.6. The van der Waals surface area contributed by atoms with E-state index in [0.29, 0.717) is 24.6 Å². The van der Waals surface area contributed by atoms with Crippen LogP contribution in [-0.2, 0) is 0 Å². The number of carbonyl (C=O) groups is 1. The van der Waals surface area contributed by atoms with Crippen LogP contribution in [0.25, 0.3) is 26.0 Å². The normalized spacial score (nSPS) is 14.2. The molecular weight excluding hydrogens is 447 g/mol. The lowest BCUT2D eigenvalue weighted by molar-refractivity contribution is 0.200. The number of anilines is 2. The summed E-state index contributed by atoms with van der Waals surface area (Å²) in [6.07, 6.45) is 4.34.